The molecule has 0 amide bonds. The normalized spacial score (nSPS) is 18.4. The van der Waals surface area contributed by atoms with E-state index in [-0.39, 0.29) is 10.6 Å². The van der Waals surface area contributed by atoms with Gasteiger partial charge in [0.05, 0.1) is 0 Å². The molecule has 1 aromatic heterocycles. The van der Waals surface area contributed by atoms with E-state index in [0.717, 1.165) is 18.2 Å². The van der Waals surface area contributed by atoms with Crippen molar-refractivity contribution >= 4 is 21.0 Å². The first-order chi connectivity index (χ1) is 7.99. The minimum Gasteiger partial charge on any atom is -0.443 e. The van der Waals surface area contributed by atoms with Crippen LogP contribution in [0.3, 0.4) is 0 Å². The van der Waals surface area contributed by atoms with Crippen LogP contribution in [-0.2, 0) is 10.0 Å². The highest BCUT2D eigenvalue weighted by molar-refractivity contribution is 7.89. The summed E-state index contributed by atoms with van der Waals surface area (Å²) in [5, 5.41) is 0.792. The van der Waals surface area contributed by atoms with Crippen LogP contribution in [0.5, 0.6) is 0 Å². The third-order valence-corrected chi connectivity index (χ3v) is 4.54. The van der Waals surface area contributed by atoms with Crippen LogP contribution >= 0.6 is 0 Å². The first kappa shape index (κ1) is 10.8. The first-order valence-electron chi connectivity index (χ1n) is 5.51. The van der Waals surface area contributed by atoms with Gasteiger partial charge in [0.15, 0.2) is 0 Å². The molecule has 1 aliphatic carbocycles. The molecule has 0 spiro atoms. The van der Waals surface area contributed by atoms with Crippen LogP contribution in [0.15, 0.2) is 39.8 Å². The predicted octanol–water partition coefficient (Wildman–Crippen LogP) is 2.26. The average molecular weight is 251 g/mol. The van der Waals surface area contributed by atoms with E-state index in [0.29, 0.717) is 5.58 Å². The van der Waals surface area contributed by atoms with E-state index >= 15 is 0 Å². The van der Waals surface area contributed by atoms with Crippen LogP contribution in [0.2, 0.25) is 0 Å². The van der Waals surface area contributed by atoms with Gasteiger partial charge in [0.2, 0.25) is 5.09 Å². The topological polar surface area (TPSA) is 59.3 Å². The Morgan fingerprint density at radius 2 is 2.00 bits per heavy atom. The number of hydrogen-bond donors (Lipinski definition) is 1. The van der Waals surface area contributed by atoms with Crippen molar-refractivity contribution in [1.29, 1.82) is 0 Å². The van der Waals surface area contributed by atoms with Crippen molar-refractivity contribution in [1.82, 2.24) is 4.72 Å². The van der Waals surface area contributed by atoms with E-state index in [1.54, 1.807) is 12.1 Å². The fraction of sp³-hybridized carbons (Fsp3) is 0.333. The first-order valence-corrected chi connectivity index (χ1v) is 6.99. The predicted molar refractivity (Wildman–Crippen MR) is 64.2 cm³/mol. The van der Waals surface area contributed by atoms with Crippen molar-refractivity contribution in [3.63, 3.8) is 0 Å². The summed E-state index contributed by atoms with van der Waals surface area (Å²) in [6.45, 7) is 1.90. The molecule has 1 aromatic carbocycles. The molecule has 90 valence electrons. The molecule has 0 atom stereocenters. The van der Waals surface area contributed by atoms with Crippen LogP contribution in [0.1, 0.15) is 19.8 Å². The van der Waals surface area contributed by atoms with Crippen molar-refractivity contribution in [3.05, 3.63) is 30.3 Å². The number of rotatable bonds is 3. The molecule has 0 bridgehead atoms. The maximum absolute atomic E-state index is 12.1. The lowest BCUT2D eigenvalue weighted by Crippen LogP contribution is -2.33. The SMILES string of the molecule is CC1(NS(=O)(=O)c2cc3ccccc3o2)CC1. The summed E-state index contributed by atoms with van der Waals surface area (Å²) in [7, 11) is -3.53. The monoisotopic (exact) mass is 251 g/mol. The quantitative estimate of drug-likeness (QED) is 0.910. The fourth-order valence-electron chi connectivity index (χ4n) is 1.75. The molecule has 1 heterocycles. The lowest BCUT2D eigenvalue weighted by molar-refractivity contribution is 0.468. The van der Waals surface area contributed by atoms with Crippen molar-refractivity contribution in [2.75, 3.05) is 0 Å². The fourth-order valence-corrected chi connectivity index (χ4v) is 3.19. The molecular formula is C12H13NO3S. The van der Waals surface area contributed by atoms with Crippen LogP contribution in [0.4, 0.5) is 0 Å². The number of furan rings is 1. The largest absolute Gasteiger partial charge is 0.443 e. The van der Waals surface area contributed by atoms with Crippen LogP contribution in [-0.4, -0.2) is 14.0 Å². The third-order valence-electron chi connectivity index (χ3n) is 3.05. The molecule has 17 heavy (non-hydrogen) atoms. The molecule has 0 radical (unpaired) electrons. The number of sulfonamides is 1. The zero-order valence-electron chi connectivity index (χ0n) is 9.43. The van der Waals surface area contributed by atoms with Crippen LogP contribution in [0, 0.1) is 0 Å². The van der Waals surface area contributed by atoms with Gasteiger partial charge in [-0.25, -0.2) is 13.1 Å². The summed E-state index contributed by atoms with van der Waals surface area (Å²) in [6, 6.07) is 8.81. The second-order valence-electron chi connectivity index (χ2n) is 4.77. The van der Waals surface area contributed by atoms with Crippen molar-refractivity contribution in [3.8, 4) is 0 Å². The summed E-state index contributed by atoms with van der Waals surface area (Å²) in [4.78, 5) is 0. The Balaban J connectivity index is 2.02. The van der Waals surface area contributed by atoms with Crippen molar-refractivity contribution in [2.45, 2.75) is 30.4 Å². The Labute approximate surface area is 99.7 Å². The summed E-state index contributed by atoms with van der Waals surface area (Å²) >= 11 is 0. The Morgan fingerprint density at radius 1 is 1.29 bits per heavy atom. The van der Waals surface area contributed by atoms with E-state index < -0.39 is 10.0 Å². The Morgan fingerprint density at radius 3 is 2.65 bits per heavy atom. The standard InChI is InChI=1S/C12H13NO3S/c1-12(6-7-12)13-17(14,15)11-8-9-4-2-3-5-10(9)16-11/h2-5,8,13H,6-7H2,1H3. The van der Waals surface area contributed by atoms with E-state index in [1.165, 1.54) is 0 Å². The number of hydrogen-bond acceptors (Lipinski definition) is 3. The molecule has 0 saturated heterocycles. The number of benzene rings is 1. The number of fused-ring (bicyclic) bond motifs is 1. The highest BCUT2D eigenvalue weighted by Gasteiger charge is 2.42. The maximum atomic E-state index is 12.1. The lowest BCUT2D eigenvalue weighted by Gasteiger charge is -2.09. The van der Waals surface area contributed by atoms with Gasteiger partial charge in [0, 0.05) is 17.0 Å². The summed E-state index contributed by atoms with van der Waals surface area (Å²) in [5.41, 5.74) is 0.312. The number of para-hydroxylation sites is 1. The lowest BCUT2D eigenvalue weighted by atomic mass is 10.3. The molecule has 1 N–H and O–H groups in total. The molecule has 0 unspecified atom stereocenters. The summed E-state index contributed by atoms with van der Waals surface area (Å²) in [5.74, 6) is 0. The van der Waals surface area contributed by atoms with Crippen LogP contribution in [0.25, 0.3) is 11.0 Å². The third kappa shape index (κ3) is 1.96. The summed E-state index contributed by atoms with van der Waals surface area (Å²) < 4.78 is 32.1. The minimum absolute atomic E-state index is 0.00757. The number of nitrogens with one attached hydrogen (secondary N) is 1. The molecule has 4 nitrogen and oxygen atoms in total. The van der Waals surface area contributed by atoms with Gasteiger partial charge in [-0.3, -0.25) is 0 Å². The van der Waals surface area contributed by atoms with E-state index in [1.807, 2.05) is 25.1 Å². The van der Waals surface area contributed by atoms with Gasteiger partial charge in [-0.1, -0.05) is 18.2 Å². The van der Waals surface area contributed by atoms with Crippen LogP contribution < -0.4 is 4.72 Å². The van der Waals surface area contributed by atoms with Gasteiger partial charge in [0.25, 0.3) is 10.0 Å². The van der Waals surface area contributed by atoms with Gasteiger partial charge in [-0.2, -0.15) is 0 Å². The highest BCUT2D eigenvalue weighted by atomic mass is 32.2. The average Bonchev–Trinajstić information content (AvgIpc) is 2.81. The van der Waals surface area contributed by atoms with E-state index in [4.69, 9.17) is 4.42 Å². The van der Waals surface area contributed by atoms with Gasteiger partial charge in [-0.05, 0) is 25.8 Å². The van der Waals surface area contributed by atoms with Gasteiger partial charge >= 0.3 is 0 Å². The zero-order valence-corrected chi connectivity index (χ0v) is 10.3. The Bertz CT molecular complexity index is 635. The van der Waals surface area contributed by atoms with Crippen molar-refractivity contribution < 1.29 is 12.8 Å². The zero-order chi connectivity index (χ0) is 12.1. The highest BCUT2D eigenvalue weighted by Crippen LogP contribution is 2.36. The molecule has 1 saturated carbocycles. The Hall–Kier alpha value is -1.33. The Kier molecular flexibility index (Phi) is 2.12. The van der Waals surface area contributed by atoms with Gasteiger partial charge < -0.3 is 4.42 Å². The molecule has 5 heteroatoms. The van der Waals surface area contributed by atoms with E-state index in [9.17, 15) is 8.42 Å². The van der Waals surface area contributed by atoms with Gasteiger partial charge in [-0.15, -0.1) is 0 Å². The molecule has 0 aliphatic heterocycles. The summed E-state index contributed by atoms with van der Waals surface area (Å²) in [6.07, 6.45) is 1.76. The smallest absolute Gasteiger partial charge is 0.274 e. The van der Waals surface area contributed by atoms with Gasteiger partial charge in [0.1, 0.15) is 5.58 Å². The molecule has 1 aliphatic rings. The molecule has 2 aromatic rings. The second kappa shape index (κ2) is 3.34. The molecule has 3 rings (SSSR count). The van der Waals surface area contributed by atoms with E-state index in [2.05, 4.69) is 4.72 Å². The maximum Gasteiger partial charge on any atom is 0.274 e. The second-order valence-corrected chi connectivity index (χ2v) is 6.38. The van der Waals surface area contributed by atoms with Crippen molar-refractivity contribution in [2.24, 2.45) is 0 Å². The molecule has 1 fully saturated rings. The molecular weight excluding hydrogens is 238 g/mol. The minimum atomic E-state index is -3.53.